The Balaban J connectivity index is 1.35. The molecule has 5 heteroatoms. The Hall–Kier alpha value is -2.27. The number of nitrogens with zero attached hydrogens (tertiary/aromatic N) is 4. The van der Waals surface area contributed by atoms with E-state index in [4.69, 9.17) is 9.98 Å². The largest absolute Gasteiger partial charge is 0.330 e. The number of amidine groups is 1. The lowest BCUT2D eigenvalue weighted by Gasteiger charge is -2.37. The second-order valence-electron chi connectivity index (χ2n) is 8.88. The van der Waals surface area contributed by atoms with Crippen molar-refractivity contribution in [1.29, 1.82) is 0 Å². The maximum atomic E-state index is 13.3. The molecule has 4 rings (SSSR count). The molecule has 0 atom stereocenters. The van der Waals surface area contributed by atoms with E-state index in [1.165, 1.54) is 29.9 Å². The van der Waals surface area contributed by atoms with Crippen molar-refractivity contribution in [2.24, 2.45) is 15.9 Å². The minimum Gasteiger partial charge on any atom is -0.330 e. The van der Waals surface area contributed by atoms with E-state index in [-0.39, 0.29) is 5.82 Å². The van der Waals surface area contributed by atoms with Crippen molar-refractivity contribution >= 4 is 11.5 Å². The molecule has 0 unspecified atom stereocenters. The zero-order chi connectivity index (χ0) is 21.8. The lowest BCUT2D eigenvalue weighted by Crippen LogP contribution is -2.39. The van der Waals surface area contributed by atoms with Crippen LogP contribution in [0.25, 0.3) is 0 Å². The maximum Gasteiger partial charge on any atom is 0.123 e. The average Bonchev–Trinajstić information content (AvgIpc) is 2.79. The van der Waals surface area contributed by atoms with E-state index in [1.54, 1.807) is 12.1 Å². The number of hydrogen-bond donors (Lipinski definition) is 0. The molecule has 2 saturated heterocycles. The van der Waals surface area contributed by atoms with Crippen LogP contribution >= 0.6 is 0 Å². The molecular formula is C26H35FN4. The van der Waals surface area contributed by atoms with E-state index < -0.39 is 0 Å². The quantitative estimate of drug-likeness (QED) is 0.573. The van der Waals surface area contributed by atoms with Gasteiger partial charge >= 0.3 is 0 Å². The Labute approximate surface area is 186 Å². The lowest BCUT2D eigenvalue weighted by atomic mass is 9.87. The Morgan fingerprint density at radius 1 is 1.16 bits per heavy atom. The fraction of sp³-hybridized carbons (Fsp3) is 0.538. The highest BCUT2D eigenvalue weighted by Crippen LogP contribution is 2.31. The zero-order valence-corrected chi connectivity index (χ0v) is 19.0. The highest BCUT2D eigenvalue weighted by molar-refractivity contribution is 6.02. The molecule has 3 heterocycles. The number of halogens is 1. The van der Waals surface area contributed by atoms with Gasteiger partial charge < -0.3 is 9.80 Å². The van der Waals surface area contributed by atoms with Gasteiger partial charge in [-0.25, -0.2) is 9.38 Å². The topological polar surface area (TPSA) is 31.2 Å². The van der Waals surface area contributed by atoms with Gasteiger partial charge in [0, 0.05) is 49.1 Å². The number of likely N-dealkylation sites (tertiary alicyclic amines) is 1. The van der Waals surface area contributed by atoms with E-state index in [1.807, 2.05) is 12.1 Å². The number of benzene rings is 1. The Morgan fingerprint density at radius 2 is 1.90 bits per heavy atom. The summed E-state index contributed by atoms with van der Waals surface area (Å²) in [7, 11) is 0. The van der Waals surface area contributed by atoms with Crippen molar-refractivity contribution < 1.29 is 4.39 Å². The van der Waals surface area contributed by atoms with Gasteiger partial charge in [0.15, 0.2) is 0 Å². The molecule has 4 nitrogen and oxygen atoms in total. The molecule has 0 spiro atoms. The molecule has 166 valence electrons. The number of hydrogen-bond acceptors (Lipinski definition) is 4. The zero-order valence-electron chi connectivity index (χ0n) is 19.0. The highest BCUT2D eigenvalue weighted by Gasteiger charge is 2.28. The second kappa shape index (κ2) is 9.90. The molecule has 0 saturated carbocycles. The lowest BCUT2D eigenvalue weighted by molar-refractivity contribution is 0.211. The first-order valence-electron chi connectivity index (χ1n) is 11.8. The van der Waals surface area contributed by atoms with Gasteiger partial charge in [0.2, 0.25) is 0 Å². The fourth-order valence-corrected chi connectivity index (χ4v) is 5.13. The summed E-state index contributed by atoms with van der Waals surface area (Å²) in [5.41, 5.74) is 5.87. The van der Waals surface area contributed by atoms with Crippen LogP contribution in [-0.2, 0) is 0 Å². The van der Waals surface area contributed by atoms with Gasteiger partial charge in [-0.15, -0.1) is 0 Å². The smallest absolute Gasteiger partial charge is 0.123 e. The molecule has 0 aliphatic carbocycles. The first kappa shape index (κ1) is 21.9. The first-order valence-corrected chi connectivity index (χ1v) is 11.8. The number of aliphatic imine (C=N–C) groups is 2. The summed E-state index contributed by atoms with van der Waals surface area (Å²) in [5, 5.41) is 0. The van der Waals surface area contributed by atoms with Gasteiger partial charge in [0.25, 0.3) is 0 Å². The third-order valence-corrected chi connectivity index (χ3v) is 6.87. The van der Waals surface area contributed by atoms with Crippen LogP contribution in [0.15, 0.2) is 57.8 Å². The number of allylic oxidation sites excluding steroid dienone is 2. The molecule has 0 bridgehead atoms. The predicted molar refractivity (Wildman–Crippen MR) is 127 cm³/mol. The summed E-state index contributed by atoms with van der Waals surface area (Å²) < 4.78 is 13.3. The van der Waals surface area contributed by atoms with Crippen LogP contribution in [0.1, 0.15) is 57.9 Å². The molecule has 3 aliphatic heterocycles. The van der Waals surface area contributed by atoms with Gasteiger partial charge in [-0.1, -0.05) is 18.7 Å². The average molecular weight is 423 g/mol. The monoisotopic (exact) mass is 422 g/mol. The van der Waals surface area contributed by atoms with Crippen LogP contribution in [0.3, 0.4) is 0 Å². The Kier molecular flexibility index (Phi) is 7.01. The van der Waals surface area contributed by atoms with E-state index in [2.05, 4.69) is 30.2 Å². The fourth-order valence-electron chi connectivity index (χ4n) is 5.13. The third-order valence-electron chi connectivity index (χ3n) is 6.87. The summed E-state index contributed by atoms with van der Waals surface area (Å²) >= 11 is 0. The molecule has 1 aromatic rings. The molecule has 0 amide bonds. The van der Waals surface area contributed by atoms with E-state index >= 15 is 0 Å². The molecule has 0 radical (unpaired) electrons. The van der Waals surface area contributed by atoms with Crippen LogP contribution in [0.2, 0.25) is 0 Å². The van der Waals surface area contributed by atoms with Crippen molar-refractivity contribution in [2.75, 3.05) is 32.7 Å². The SMILES string of the molecule is C=C1C(CCN2CCC(C(=NCC)c3ccc(F)cc3)CC2)=C(C)N=C2CCCCN12. The van der Waals surface area contributed by atoms with Crippen molar-refractivity contribution in [2.45, 2.75) is 52.4 Å². The Bertz CT molecular complexity index is 888. The van der Waals surface area contributed by atoms with Crippen LogP contribution in [0.5, 0.6) is 0 Å². The van der Waals surface area contributed by atoms with Crippen molar-refractivity contribution in [1.82, 2.24) is 9.80 Å². The molecular weight excluding hydrogens is 387 g/mol. The maximum absolute atomic E-state index is 13.3. The molecule has 0 N–H and O–H groups in total. The van der Waals surface area contributed by atoms with Gasteiger partial charge in [-0.2, -0.15) is 0 Å². The van der Waals surface area contributed by atoms with Crippen LogP contribution in [0, 0.1) is 11.7 Å². The number of rotatable bonds is 6. The van der Waals surface area contributed by atoms with Crippen LogP contribution in [-0.4, -0.2) is 54.1 Å². The summed E-state index contributed by atoms with van der Waals surface area (Å²) in [6.45, 7) is 13.7. The second-order valence-corrected chi connectivity index (χ2v) is 8.88. The number of fused-ring (bicyclic) bond motifs is 1. The number of piperidine rings is 2. The summed E-state index contributed by atoms with van der Waals surface area (Å²) in [4.78, 5) is 14.6. The molecule has 1 aromatic carbocycles. The van der Waals surface area contributed by atoms with Crippen molar-refractivity contribution in [3.8, 4) is 0 Å². The van der Waals surface area contributed by atoms with Gasteiger partial charge in [0.1, 0.15) is 11.7 Å². The molecule has 3 aliphatic rings. The van der Waals surface area contributed by atoms with Gasteiger partial charge in [-0.3, -0.25) is 4.99 Å². The van der Waals surface area contributed by atoms with Crippen LogP contribution < -0.4 is 0 Å². The van der Waals surface area contributed by atoms with Gasteiger partial charge in [-0.05, 0) is 82.3 Å². The molecule has 2 fully saturated rings. The van der Waals surface area contributed by atoms with E-state index in [9.17, 15) is 4.39 Å². The predicted octanol–water partition coefficient (Wildman–Crippen LogP) is 5.42. The van der Waals surface area contributed by atoms with Crippen molar-refractivity contribution in [3.05, 3.63) is 59.2 Å². The summed E-state index contributed by atoms with van der Waals surface area (Å²) in [5.74, 6) is 1.47. The summed E-state index contributed by atoms with van der Waals surface area (Å²) in [6.07, 6.45) is 6.76. The van der Waals surface area contributed by atoms with E-state index in [0.29, 0.717) is 5.92 Å². The third kappa shape index (κ3) is 4.98. The Morgan fingerprint density at radius 3 is 2.61 bits per heavy atom. The normalized spacial score (nSPS) is 21.4. The highest BCUT2D eigenvalue weighted by atomic mass is 19.1. The van der Waals surface area contributed by atoms with Gasteiger partial charge in [0.05, 0.1) is 0 Å². The minimum atomic E-state index is -0.190. The summed E-state index contributed by atoms with van der Waals surface area (Å²) in [6, 6.07) is 6.82. The molecule has 0 aromatic heterocycles. The minimum absolute atomic E-state index is 0.190. The van der Waals surface area contributed by atoms with E-state index in [0.717, 1.165) is 75.4 Å². The molecule has 31 heavy (non-hydrogen) atoms. The van der Waals surface area contributed by atoms with Crippen LogP contribution in [0.4, 0.5) is 4.39 Å². The first-order chi connectivity index (χ1) is 15.1. The standard InChI is InChI=1S/C26H35FN4/c1-4-28-26(21-8-10-23(27)11-9-21)22-12-16-30(17-13-22)18-14-24-19(2)29-25-7-5-6-15-31(25)20(24)3/h8-11,22H,3-7,12-18H2,1-2H3. The van der Waals surface area contributed by atoms with Crippen molar-refractivity contribution in [3.63, 3.8) is 0 Å².